The van der Waals surface area contributed by atoms with Crippen LogP contribution in [0.1, 0.15) is 40.5 Å². The molecule has 0 radical (unpaired) electrons. The number of benzene rings is 1. The van der Waals surface area contributed by atoms with Crippen molar-refractivity contribution in [3.8, 4) is 0 Å². The summed E-state index contributed by atoms with van der Waals surface area (Å²) in [5.74, 6) is 0. The fraction of sp³-hybridized carbons (Fsp3) is 0.333. The third kappa shape index (κ3) is 3.41. The molecule has 3 rings (SSSR count). The van der Waals surface area contributed by atoms with E-state index in [0.29, 0.717) is 0 Å². The molecule has 0 aromatic heterocycles. The summed E-state index contributed by atoms with van der Waals surface area (Å²) < 4.78 is 7.87. The average molecular weight is 473 g/mol. The van der Waals surface area contributed by atoms with E-state index in [2.05, 4.69) is 81.7 Å². The number of rotatable bonds is 3. The van der Waals surface area contributed by atoms with Gasteiger partial charge in [-0.2, -0.15) is 0 Å². The third-order valence-electron chi connectivity index (χ3n) is 6.50. The van der Waals surface area contributed by atoms with E-state index in [1.54, 1.807) is 21.0 Å². The van der Waals surface area contributed by atoms with Crippen molar-refractivity contribution in [2.75, 3.05) is 0 Å². The number of halogens is 2. The second kappa shape index (κ2) is 7.85. The van der Waals surface area contributed by atoms with Gasteiger partial charge in [-0.25, -0.2) is 0 Å². The first-order chi connectivity index (χ1) is 10.8. The summed E-state index contributed by atoms with van der Waals surface area (Å²) in [4.78, 5) is 0. The maximum Gasteiger partial charge on any atom is -0.147 e. The fourth-order valence-electron chi connectivity index (χ4n) is 4.59. The maximum absolute atomic E-state index is 3.41. The first-order valence-corrected chi connectivity index (χ1v) is 20.7. The predicted octanol–water partition coefficient (Wildman–Crippen LogP) is 5.69. The van der Waals surface area contributed by atoms with Gasteiger partial charge in [-0.1, -0.05) is 0 Å². The summed E-state index contributed by atoms with van der Waals surface area (Å²) in [6.07, 6.45) is 7.22. The average Bonchev–Trinajstić information content (AvgIpc) is 3.05. The molecule has 0 N–H and O–H groups in total. The summed E-state index contributed by atoms with van der Waals surface area (Å²) in [7, 11) is 0. The van der Waals surface area contributed by atoms with Crippen LogP contribution in [0.5, 0.6) is 0 Å². The van der Waals surface area contributed by atoms with Gasteiger partial charge in [0.05, 0.1) is 0 Å². The molecule has 0 amide bonds. The van der Waals surface area contributed by atoms with Crippen LogP contribution in [0.25, 0.3) is 0 Å². The predicted molar refractivity (Wildman–Crippen MR) is 117 cm³/mol. The number of hydrogen-bond donors (Lipinski definition) is 0. The molecule has 0 bridgehead atoms. The Morgan fingerprint density at radius 1 is 0.760 bits per heavy atom. The quantitative estimate of drug-likeness (QED) is 0.496. The van der Waals surface area contributed by atoms with Gasteiger partial charge in [0.1, 0.15) is 0 Å². The molecular formula is C21H30Cl2SiZr. The summed E-state index contributed by atoms with van der Waals surface area (Å²) in [5, 5.41) is 0. The monoisotopic (exact) mass is 470 g/mol. The molecule has 2 aliphatic rings. The van der Waals surface area contributed by atoms with E-state index in [1.807, 2.05) is 0 Å². The van der Waals surface area contributed by atoms with Crippen molar-refractivity contribution in [1.29, 1.82) is 0 Å². The molecule has 0 atom stereocenters. The van der Waals surface area contributed by atoms with Gasteiger partial charge in [-0.15, -0.1) is 24.8 Å². The molecule has 0 nitrogen and oxygen atoms in total. The van der Waals surface area contributed by atoms with Gasteiger partial charge in [0.2, 0.25) is 0 Å². The molecular weight excluding hydrogens is 442 g/mol. The van der Waals surface area contributed by atoms with E-state index in [4.69, 9.17) is 0 Å². The third-order valence-corrected chi connectivity index (χ3v) is 29.5. The zero-order valence-electron chi connectivity index (χ0n) is 16.0. The molecule has 0 fully saturated rings. The molecule has 25 heavy (non-hydrogen) atoms. The van der Waals surface area contributed by atoms with Crippen LogP contribution >= 0.6 is 24.8 Å². The molecule has 0 aliphatic heterocycles. The second-order valence-corrected chi connectivity index (χ2v) is 32.5. The zero-order valence-corrected chi connectivity index (χ0v) is 21.5. The van der Waals surface area contributed by atoms with E-state index in [9.17, 15) is 0 Å². The van der Waals surface area contributed by atoms with Crippen molar-refractivity contribution in [2.45, 2.75) is 45.2 Å². The Balaban J connectivity index is 0.00000156. The Labute approximate surface area is 167 Å². The largest absolute Gasteiger partial charge is 0.147 e. The minimum absolute atomic E-state index is 0. The normalized spacial score (nSPS) is 17.8. The van der Waals surface area contributed by atoms with Crippen molar-refractivity contribution in [2.24, 2.45) is 0 Å². The maximum atomic E-state index is 2.67. The van der Waals surface area contributed by atoms with Crippen molar-refractivity contribution in [1.82, 2.24) is 0 Å². The van der Waals surface area contributed by atoms with E-state index >= 15 is 0 Å². The molecule has 1 aromatic rings. The van der Waals surface area contributed by atoms with E-state index in [-0.39, 0.29) is 24.8 Å². The molecule has 0 saturated carbocycles. The molecule has 136 valence electrons. The van der Waals surface area contributed by atoms with Crippen molar-refractivity contribution in [3.05, 3.63) is 71.3 Å². The van der Waals surface area contributed by atoms with Crippen LogP contribution in [0, 0.1) is 0 Å². The van der Waals surface area contributed by atoms with Gasteiger partial charge in [-0.3, -0.25) is 0 Å². The van der Waals surface area contributed by atoms with Crippen LogP contribution in [0.2, 0.25) is 4.63 Å². The first-order valence-electron chi connectivity index (χ1n) is 8.62. The molecule has 2 aliphatic carbocycles. The minimum atomic E-state index is -3.41. The van der Waals surface area contributed by atoms with Gasteiger partial charge in [-0.05, 0) is 0 Å². The van der Waals surface area contributed by atoms with Crippen LogP contribution in [0.4, 0.5) is 0 Å². The Kier molecular flexibility index (Phi) is 7.19. The van der Waals surface area contributed by atoms with Crippen LogP contribution in [-0.4, -0.2) is 6.88 Å². The van der Waals surface area contributed by atoms with Crippen LogP contribution in [0.3, 0.4) is 0 Å². The van der Waals surface area contributed by atoms with Crippen LogP contribution in [-0.2, 0) is 17.4 Å². The van der Waals surface area contributed by atoms with Gasteiger partial charge in [0, 0.05) is 0 Å². The van der Waals surface area contributed by atoms with Crippen molar-refractivity contribution >= 4 is 35.0 Å². The topological polar surface area (TPSA) is 0 Å². The number of hydrogen-bond acceptors (Lipinski definition) is 0. The smallest absolute Gasteiger partial charge is 0.147 e. The van der Waals surface area contributed by atoms with Crippen LogP contribution < -0.4 is 3.27 Å². The van der Waals surface area contributed by atoms with Crippen molar-refractivity contribution < 1.29 is 17.4 Å². The van der Waals surface area contributed by atoms with Gasteiger partial charge in [0.25, 0.3) is 0 Å². The van der Waals surface area contributed by atoms with Crippen LogP contribution in [0.15, 0.2) is 71.3 Å². The summed E-state index contributed by atoms with van der Waals surface area (Å²) >= 11 is -3.41. The Morgan fingerprint density at radius 2 is 1.16 bits per heavy atom. The van der Waals surface area contributed by atoms with Crippen molar-refractivity contribution in [3.63, 3.8) is 0 Å². The minimum Gasteiger partial charge on any atom is -0.147 e. The van der Waals surface area contributed by atoms with E-state index < -0.39 is 17.4 Å². The first kappa shape index (κ1) is 22.9. The number of allylic oxidation sites excluding steroid dienone is 8. The van der Waals surface area contributed by atoms with Gasteiger partial charge in [0.15, 0.2) is 0 Å². The van der Waals surface area contributed by atoms with Gasteiger partial charge < -0.3 is 0 Å². The Bertz CT molecular complexity index is 824. The standard InChI is InChI=1S/2C7H9.C6H5.CH3.2ClH.H2Si.Zr/c2*1-6-4-3-5-7(6)2;1-2-4-6-5-3-1;;;;;/h2*4H,3H2,1-2H3;1-5H;1H3;2*1H;1H2;. The van der Waals surface area contributed by atoms with E-state index in [1.165, 1.54) is 11.1 Å². The molecule has 0 spiro atoms. The zero-order chi connectivity index (χ0) is 16.9. The summed E-state index contributed by atoms with van der Waals surface area (Å²) in [6.45, 7) is 11.7. The second-order valence-electron chi connectivity index (χ2n) is 7.76. The Hall–Kier alpha value is -0.140. The molecule has 0 unspecified atom stereocenters. The molecule has 4 heteroatoms. The Morgan fingerprint density at radius 3 is 1.48 bits per heavy atom. The fourth-order valence-corrected chi connectivity index (χ4v) is 25.3. The SMILES string of the molecule is CC1=CC[C]([Zr]([CH3])(=[SiH2])([C]2=C(C)C(C)=CC2)[c]2ccccc2)=C1C.Cl.Cl. The molecule has 0 saturated heterocycles. The van der Waals surface area contributed by atoms with Gasteiger partial charge >= 0.3 is 144 Å². The molecule has 0 heterocycles. The van der Waals surface area contributed by atoms with E-state index in [0.717, 1.165) is 12.8 Å². The molecule has 1 aromatic carbocycles. The summed E-state index contributed by atoms with van der Waals surface area (Å²) in [6, 6.07) is 11.4. The summed E-state index contributed by atoms with van der Waals surface area (Å²) in [5.41, 5.74) is 6.13.